The molecule has 0 aliphatic carbocycles. The predicted octanol–water partition coefficient (Wildman–Crippen LogP) is 4.22. The lowest BCUT2D eigenvalue weighted by molar-refractivity contribution is -0.870. The van der Waals surface area contributed by atoms with Crippen LogP contribution < -0.4 is 0 Å². The van der Waals surface area contributed by atoms with Crippen LogP contribution in [0.2, 0.25) is 0 Å². The third-order valence-electron chi connectivity index (χ3n) is 4.64. The second-order valence-corrected chi connectivity index (χ2v) is 10.5. The quantitative estimate of drug-likeness (QED) is 0.119. The second kappa shape index (κ2) is 17.5. The minimum atomic E-state index is -4.32. The average Bonchev–Trinajstić information content (AvgIpc) is 2.69. The van der Waals surface area contributed by atoms with E-state index in [1.807, 2.05) is 28.1 Å². The summed E-state index contributed by atoms with van der Waals surface area (Å²) in [7, 11) is 1.47. The van der Waals surface area contributed by atoms with E-state index < -0.39 is 32.5 Å². The van der Waals surface area contributed by atoms with Crippen molar-refractivity contribution in [2.75, 3.05) is 47.5 Å². The van der Waals surface area contributed by atoms with Crippen LogP contribution in [0.4, 0.5) is 0 Å². The molecule has 0 saturated carbocycles. The SMILES string of the molecule is CCCCCCCC(=O)O[C@H](COC(=O)CCCCC)COP(=O)(O)OCC[N+](C)(C)C. The van der Waals surface area contributed by atoms with E-state index in [1.165, 1.54) is 0 Å². The summed E-state index contributed by atoms with van der Waals surface area (Å²) in [6.07, 6.45) is 7.11. The van der Waals surface area contributed by atoms with Crippen molar-refractivity contribution < 1.29 is 42.1 Å². The maximum absolute atomic E-state index is 12.2. The molecule has 0 aromatic carbocycles. The van der Waals surface area contributed by atoms with E-state index in [-0.39, 0.29) is 26.1 Å². The van der Waals surface area contributed by atoms with Crippen LogP contribution in [0.25, 0.3) is 0 Å². The Bertz CT molecular complexity index is 565. The van der Waals surface area contributed by atoms with Gasteiger partial charge in [0.15, 0.2) is 6.10 Å². The predicted molar refractivity (Wildman–Crippen MR) is 123 cm³/mol. The molecule has 190 valence electrons. The fourth-order valence-electron chi connectivity index (χ4n) is 2.66. The number of quaternary nitrogens is 1. The van der Waals surface area contributed by atoms with Crippen LogP contribution in [0.5, 0.6) is 0 Å². The Morgan fingerprint density at radius 2 is 1.41 bits per heavy atom. The maximum Gasteiger partial charge on any atom is 0.472 e. The molecule has 0 aromatic heterocycles. The summed E-state index contributed by atoms with van der Waals surface area (Å²) in [5.74, 6) is -0.846. The number of likely N-dealkylation sites (N-methyl/N-ethyl adjacent to an activating group) is 1. The lowest BCUT2D eigenvalue weighted by atomic mass is 10.1. The van der Waals surface area contributed by atoms with Gasteiger partial charge in [-0.15, -0.1) is 0 Å². The fourth-order valence-corrected chi connectivity index (χ4v) is 3.40. The highest BCUT2D eigenvalue weighted by Gasteiger charge is 2.26. The van der Waals surface area contributed by atoms with Gasteiger partial charge in [-0.3, -0.25) is 18.6 Å². The van der Waals surface area contributed by atoms with E-state index in [2.05, 4.69) is 6.92 Å². The largest absolute Gasteiger partial charge is 0.472 e. The molecule has 0 radical (unpaired) electrons. The van der Waals surface area contributed by atoms with Gasteiger partial charge >= 0.3 is 19.8 Å². The van der Waals surface area contributed by atoms with Crippen molar-refractivity contribution >= 4 is 19.8 Å². The Hall–Kier alpha value is -0.990. The molecule has 0 spiro atoms. The zero-order chi connectivity index (χ0) is 24.5. The van der Waals surface area contributed by atoms with E-state index in [0.29, 0.717) is 17.4 Å². The number of carbonyl (C=O) groups is 2. The first kappa shape index (κ1) is 31.0. The molecule has 0 heterocycles. The number of hydrogen-bond acceptors (Lipinski definition) is 7. The number of ether oxygens (including phenoxy) is 2. The second-order valence-electron chi connectivity index (χ2n) is 9.03. The first-order valence-electron chi connectivity index (χ1n) is 11.8. The normalized spacial score (nSPS) is 14.6. The Morgan fingerprint density at radius 3 is 2.03 bits per heavy atom. The number of carbonyl (C=O) groups excluding carboxylic acids is 2. The molecule has 1 N–H and O–H groups in total. The van der Waals surface area contributed by atoms with Gasteiger partial charge < -0.3 is 18.9 Å². The summed E-state index contributed by atoms with van der Waals surface area (Å²) in [6, 6.07) is 0. The molecule has 1 unspecified atom stereocenters. The van der Waals surface area contributed by atoms with Gasteiger partial charge in [0.25, 0.3) is 0 Å². The Labute approximate surface area is 193 Å². The minimum absolute atomic E-state index is 0.0336. The lowest BCUT2D eigenvalue weighted by Crippen LogP contribution is -2.37. The van der Waals surface area contributed by atoms with E-state index in [1.54, 1.807) is 0 Å². The smallest absolute Gasteiger partial charge is 0.462 e. The zero-order valence-corrected chi connectivity index (χ0v) is 21.6. The van der Waals surface area contributed by atoms with Gasteiger partial charge in [-0.25, -0.2) is 4.57 Å². The van der Waals surface area contributed by atoms with Gasteiger partial charge in [-0.05, 0) is 12.8 Å². The number of phosphoric ester groups is 1. The van der Waals surface area contributed by atoms with Crippen molar-refractivity contribution in [3.63, 3.8) is 0 Å². The standard InChI is InChI=1S/C22H44NO8P/c1-6-8-10-11-13-15-22(25)31-20(18-28-21(24)14-12-9-7-2)19-30-32(26,27)29-17-16-23(3,4)5/h20H,6-19H2,1-5H3/p+1/t20-/m1/s1. The molecule has 32 heavy (non-hydrogen) atoms. The molecule has 0 aliphatic heterocycles. The first-order chi connectivity index (χ1) is 15.0. The van der Waals surface area contributed by atoms with Crippen LogP contribution in [-0.2, 0) is 32.7 Å². The average molecular weight is 483 g/mol. The fraction of sp³-hybridized carbons (Fsp3) is 0.909. The van der Waals surface area contributed by atoms with Gasteiger partial charge in [0.05, 0.1) is 27.7 Å². The third-order valence-corrected chi connectivity index (χ3v) is 5.62. The lowest BCUT2D eigenvalue weighted by Gasteiger charge is -2.24. The molecule has 0 rings (SSSR count). The molecule has 0 bridgehead atoms. The molecular weight excluding hydrogens is 437 g/mol. The third kappa shape index (κ3) is 19.7. The van der Waals surface area contributed by atoms with Crippen molar-refractivity contribution in [3.05, 3.63) is 0 Å². The molecular formula is C22H45NO8P+. The van der Waals surface area contributed by atoms with Gasteiger partial charge in [0.2, 0.25) is 0 Å². The monoisotopic (exact) mass is 482 g/mol. The van der Waals surface area contributed by atoms with Crippen molar-refractivity contribution in [1.29, 1.82) is 0 Å². The minimum Gasteiger partial charge on any atom is -0.462 e. The van der Waals surface area contributed by atoms with Crippen LogP contribution in [0.1, 0.15) is 78.1 Å². The summed E-state index contributed by atoms with van der Waals surface area (Å²) in [4.78, 5) is 33.9. The topological polar surface area (TPSA) is 108 Å². The van der Waals surface area contributed by atoms with E-state index in [4.69, 9.17) is 18.5 Å². The number of rotatable bonds is 20. The van der Waals surface area contributed by atoms with Crippen LogP contribution in [0, 0.1) is 0 Å². The Morgan fingerprint density at radius 1 is 0.844 bits per heavy atom. The maximum atomic E-state index is 12.2. The highest BCUT2D eigenvalue weighted by molar-refractivity contribution is 7.47. The first-order valence-corrected chi connectivity index (χ1v) is 13.3. The van der Waals surface area contributed by atoms with Crippen LogP contribution in [-0.4, -0.2) is 74.9 Å². The zero-order valence-electron chi connectivity index (χ0n) is 20.7. The van der Waals surface area contributed by atoms with Crippen molar-refractivity contribution in [3.8, 4) is 0 Å². The van der Waals surface area contributed by atoms with Gasteiger partial charge in [-0.1, -0.05) is 52.4 Å². The Kier molecular flexibility index (Phi) is 16.9. The molecule has 0 aliphatic rings. The van der Waals surface area contributed by atoms with Crippen LogP contribution >= 0.6 is 7.82 Å². The van der Waals surface area contributed by atoms with Gasteiger partial charge in [0.1, 0.15) is 19.8 Å². The molecule has 9 nitrogen and oxygen atoms in total. The van der Waals surface area contributed by atoms with Gasteiger partial charge in [0, 0.05) is 12.8 Å². The summed E-state index contributed by atoms with van der Waals surface area (Å²) >= 11 is 0. The number of hydrogen-bond donors (Lipinski definition) is 1. The van der Waals surface area contributed by atoms with Crippen molar-refractivity contribution in [1.82, 2.24) is 0 Å². The summed E-state index contributed by atoms with van der Waals surface area (Å²) < 4.78 is 33.2. The van der Waals surface area contributed by atoms with E-state index >= 15 is 0 Å². The molecule has 0 amide bonds. The summed E-state index contributed by atoms with van der Waals surface area (Å²) in [6.45, 7) is 4.07. The van der Waals surface area contributed by atoms with Crippen LogP contribution in [0.15, 0.2) is 0 Å². The summed E-state index contributed by atoms with van der Waals surface area (Å²) in [5.41, 5.74) is 0. The highest BCUT2D eigenvalue weighted by atomic mass is 31.2. The number of esters is 2. The van der Waals surface area contributed by atoms with E-state index in [9.17, 15) is 19.0 Å². The number of phosphoric acid groups is 1. The van der Waals surface area contributed by atoms with E-state index in [0.717, 1.165) is 44.9 Å². The molecule has 0 saturated heterocycles. The number of nitrogens with zero attached hydrogens (tertiary/aromatic N) is 1. The van der Waals surface area contributed by atoms with Crippen molar-refractivity contribution in [2.45, 2.75) is 84.2 Å². The molecule has 0 aromatic rings. The van der Waals surface area contributed by atoms with Crippen molar-refractivity contribution in [2.24, 2.45) is 0 Å². The number of unbranched alkanes of at least 4 members (excludes halogenated alkanes) is 6. The molecule has 0 fully saturated rings. The molecule has 2 atom stereocenters. The van der Waals surface area contributed by atoms with Crippen LogP contribution in [0.3, 0.4) is 0 Å². The van der Waals surface area contributed by atoms with Gasteiger partial charge in [-0.2, -0.15) is 0 Å². The molecule has 10 heteroatoms. The highest BCUT2D eigenvalue weighted by Crippen LogP contribution is 2.43. The Balaban J connectivity index is 4.63. The summed E-state index contributed by atoms with van der Waals surface area (Å²) in [5, 5.41) is 0.